The summed E-state index contributed by atoms with van der Waals surface area (Å²) in [5.41, 5.74) is 3.64. The molecule has 4 rings (SSSR count). The molecule has 1 aliphatic heterocycles. The molecule has 0 atom stereocenters. The van der Waals surface area contributed by atoms with Gasteiger partial charge in [-0.2, -0.15) is 0 Å². The van der Waals surface area contributed by atoms with E-state index in [9.17, 15) is 4.79 Å². The lowest BCUT2D eigenvalue weighted by atomic mass is 10.1. The van der Waals surface area contributed by atoms with Gasteiger partial charge in [0, 0.05) is 41.8 Å². The highest BCUT2D eigenvalue weighted by atomic mass is 35.5. The summed E-state index contributed by atoms with van der Waals surface area (Å²) < 4.78 is 5.72. The number of ether oxygens (including phenoxy) is 1. The van der Waals surface area contributed by atoms with E-state index in [1.807, 2.05) is 67.3 Å². The van der Waals surface area contributed by atoms with Crippen molar-refractivity contribution < 1.29 is 9.53 Å². The zero-order chi connectivity index (χ0) is 22.7. The summed E-state index contributed by atoms with van der Waals surface area (Å²) in [6, 6.07) is 15.1. The second-order valence-corrected chi connectivity index (χ2v) is 8.63. The lowest BCUT2D eigenvalue weighted by molar-refractivity contribution is -0.133. The van der Waals surface area contributed by atoms with Gasteiger partial charge in [0.1, 0.15) is 5.75 Å². The second kappa shape index (κ2) is 9.76. The zero-order valence-corrected chi connectivity index (χ0v) is 19.5. The topological polar surface area (TPSA) is 58.6 Å². The summed E-state index contributed by atoms with van der Waals surface area (Å²) in [6.07, 6.45) is 0. The number of halogens is 2. The lowest BCUT2D eigenvalue weighted by Gasteiger charge is -2.35. The monoisotopic (exact) mass is 470 g/mol. The van der Waals surface area contributed by atoms with Crippen molar-refractivity contribution in [3.05, 3.63) is 69.7 Å². The van der Waals surface area contributed by atoms with Gasteiger partial charge in [-0.15, -0.1) is 10.2 Å². The van der Waals surface area contributed by atoms with Gasteiger partial charge in [-0.3, -0.25) is 4.79 Å². The maximum Gasteiger partial charge on any atom is 0.260 e. The second-order valence-electron chi connectivity index (χ2n) is 7.81. The Morgan fingerprint density at radius 2 is 1.59 bits per heavy atom. The Hall–Kier alpha value is -2.83. The number of piperazine rings is 1. The van der Waals surface area contributed by atoms with Crippen LogP contribution in [-0.2, 0) is 4.79 Å². The molecule has 0 radical (unpaired) electrons. The number of carbonyl (C=O) groups excluding carboxylic acids is 1. The Labute approximate surface area is 197 Å². The minimum atomic E-state index is -0.0286. The Kier molecular flexibility index (Phi) is 6.82. The molecule has 32 heavy (non-hydrogen) atoms. The Balaban J connectivity index is 1.30. The average Bonchev–Trinajstić information content (AvgIpc) is 2.81. The van der Waals surface area contributed by atoms with Crippen molar-refractivity contribution in [2.24, 2.45) is 0 Å². The van der Waals surface area contributed by atoms with Crippen LogP contribution < -0.4 is 9.64 Å². The molecule has 0 spiro atoms. The van der Waals surface area contributed by atoms with Crippen molar-refractivity contribution in [2.45, 2.75) is 13.8 Å². The zero-order valence-electron chi connectivity index (χ0n) is 18.0. The van der Waals surface area contributed by atoms with Crippen LogP contribution in [-0.4, -0.2) is 53.8 Å². The van der Waals surface area contributed by atoms with Gasteiger partial charge in [0.05, 0.1) is 5.69 Å². The number of hydrogen-bond donors (Lipinski definition) is 0. The van der Waals surface area contributed by atoms with Crippen LogP contribution in [0.1, 0.15) is 11.1 Å². The number of aryl methyl sites for hydroxylation is 2. The third kappa shape index (κ3) is 5.14. The molecule has 8 heteroatoms. The smallest absolute Gasteiger partial charge is 0.260 e. The van der Waals surface area contributed by atoms with E-state index < -0.39 is 0 Å². The largest absolute Gasteiger partial charge is 0.484 e. The van der Waals surface area contributed by atoms with Gasteiger partial charge in [0.15, 0.2) is 12.4 Å². The third-order valence-electron chi connectivity index (χ3n) is 5.52. The molecule has 1 fully saturated rings. The van der Waals surface area contributed by atoms with E-state index in [1.54, 1.807) is 0 Å². The fourth-order valence-electron chi connectivity index (χ4n) is 3.68. The minimum absolute atomic E-state index is 0.0100. The fourth-order valence-corrected chi connectivity index (χ4v) is 3.91. The molecule has 2 heterocycles. The average molecular weight is 471 g/mol. The molecule has 2 aromatic carbocycles. The highest BCUT2D eigenvalue weighted by Crippen LogP contribution is 2.26. The molecule has 0 bridgehead atoms. The summed E-state index contributed by atoms with van der Waals surface area (Å²) in [4.78, 5) is 16.6. The molecule has 6 nitrogen and oxygen atoms in total. The van der Waals surface area contributed by atoms with Crippen molar-refractivity contribution in [3.8, 4) is 17.0 Å². The highest BCUT2D eigenvalue weighted by molar-refractivity contribution is 6.32. The molecule has 1 aromatic heterocycles. The van der Waals surface area contributed by atoms with Crippen LogP contribution in [0.25, 0.3) is 11.3 Å². The number of benzene rings is 2. The van der Waals surface area contributed by atoms with E-state index in [-0.39, 0.29) is 12.5 Å². The molecule has 0 saturated carbocycles. The summed E-state index contributed by atoms with van der Waals surface area (Å²) in [5.74, 6) is 1.43. The van der Waals surface area contributed by atoms with Crippen molar-refractivity contribution in [1.82, 2.24) is 15.1 Å². The van der Waals surface area contributed by atoms with Crippen LogP contribution >= 0.6 is 23.2 Å². The SMILES string of the molecule is Cc1cc(OCC(=O)N2CCN(c3ccc(-c4ccc(Cl)cc4)nn3)CC2)cc(C)c1Cl. The third-order valence-corrected chi connectivity index (χ3v) is 6.37. The molecule has 1 saturated heterocycles. The van der Waals surface area contributed by atoms with Gasteiger partial charge in [-0.1, -0.05) is 35.3 Å². The maximum absolute atomic E-state index is 12.6. The van der Waals surface area contributed by atoms with Crippen molar-refractivity contribution in [3.63, 3.8) is 0 Å². The van der Waals surface area contributed by atoms with Gasteiger partial charge < -0.3 is 14.5 Å². The lowest BCUT2D eigenvalue weighted by Crippen LogP contribution is -2.50. The van der Waals surface area contributed by atoms with E-state index in [1.165, 1.54) is 0 Å². The van der Waals surface area contributed by atoms with E-state index in [0.717, 1.165) is 33.2 Å². The molecule has 1 aliphatic rings. The van der Waals surface area contributed by atoms with Gasteiger partial charge in [0.25, 0.3) is 5.91 Å². The Bertz CT molecular complexity index is 1070. The van der Waals surface area contributed by atoms with Crippen LogP contribution in [0, 0.1) is 13.8 Å². The summed E-state index contributed by atoms with van der Waals surface area (Å²) in [7, 11) is 0. The summed E-state index contributed by atoms with van der Waals surface area (Å²) >= 11 is 12.1. The van der Waals surface area contributed by atoms with Crippen LogP contribution in [0.15, 0.2) is 48.5 Å². The molecule has 1 amide bonds. The van der Waals surface area contributed by atoms with Crippen LogP contribution in [0.3, 0.4) is 0 Å². The number of amides is 1. The number of nitrogens with zero attached hydrogens (tertiary/aromatic N) is 4. The number of anilines is 1. The number of aromatic nitrogens is 2. The molecular weight excluding hydrogens is 447 g/mol. The Morgan fingerprint density at radius 1 is 0.938 bits per heavy atom. The van der Waals surface area contributed by atoms with Gasteiger partial charge in [-0.25, -0.2) is 0 Å². The standard InChI is InChI=1S/C24H24Cl2N4O2/c1-16-13-20(14-17(2)24(16)26)32-15-23(31)30-11-9-29(10-12-30)22-8-7-21(27-28-22)18-3-5-19(25)6-4-18/h3-8,13-14H,9-12,15H2,1-2H3. The Morgan fingerprint density at radius 3 is 2.19 bits per heavy atom. The van der Waals surface area contributed by atoms with Crippen LogP contribution in [0.4, 0.5) is 5.82 Å². The summed E-state index contributed by atoms with van der Waals surface area (Å²) in [5, 5.41) is 10.1. The maximum atomic E-state index is 12.6. The molecule has 0 unspecified atom stereocenters. The van der Waals surface area contributed by atoms with Crippen molar-refractivity contribution in [1.29, 1.82) is 0 Å². The molecule has 0 aliphatic carbocycles. The van der Waals surface area contributed by atoms with E-state index in [0.29, 0.717) is 37.0 Å². The van der Waals surface area contributed by atoms with Gasteiger partial charge in [-0.05, 0) is 61.4 Å². The highest BCUT2D eigenvalue weighted by Gasteiger charge is 2.22. The first-order chi connectivity index (χ1) is 15.4. The molecule has 0 N–H and O–H groups in total. The molecular formula is C24H24Cl2N4O2. The quantitative estimate of drug-likeness (QED) is 0.536. The number of carbonyl (C=O) groups is 1. The summed E-state index contributed by atoms with van der Waals surface area (Å²) in [6.45, 7) is 6.47. The first kappa shape index (κ1) is 22.4. The van der Waals surface area contributed by atoms with Crippen LogP contribution in [0.5, 0.6) is 5.75 Å². The first-order valence-corrected chi connectivity index (χ1v) is 11.2. The number of rotatable bonds is 5. The van der Waals surface area contributed by atoms with Gasteiger partial charge >= 0.3 is 0 Å². The predicted octanol–water partition coefficient (Wildman–Crippen LogP) is 4.79. The fraction of sp³-hybridized carbons (Fsp3) is 0.292. The number of hydrogen-bond acceptors (Lipinski definition) is 5. The predicted molar refractivity (Wildman–Crippen MR) is 128 cm³/mol. The molecule has 166 valence electrons. The van der Waals surface area contributed by atoms with E-state index in [4.69, 9.17) is 27.9 Å². The molecule has 3 aromatic rings. The van der Waals surface area contributed by atoms with Gasteiger partial charge in [0.2, 0.25) is 0 Å². The van der Waals surface area contributed by atoms with E-state index in [2.05, 4.69) is 15.1 Å². The van der Waals surface area contributed by atoms with Crippen molar-refractivity contribution >= 4 is 34.9 Å². The van der Waals surface area contributed by atoms with Crippen LogP contribution in [0.2, 0.25) is 10.0 Å². The van der Waals surface area contributed by atoms with E-state index >= 15 is 0 Å². The normalized spacial score (nSPS) is 13.9. The minimum Gasteiger partial charge on any atom is -0.484 e. The van der Waals surface area contributed by atoms with Crippen molar-refractivity contribution in [2.75, 3.05) is 37.7 Å². The first-order valence-electron chi connectivity index (χ1n) is 10.4.